The minimum absolute atomic E-state index is 0.129. The minimum Gasteiger partial charge on any atom is -0.326 e. The van der Waals surface area contributed by atoms with Gasteiger partial charge in [-0.1, -0.05) is 41.9 Å². The van der Waals surface area contributed by atoms with E-state index in [0.717, 1.165) is 16.8 Å². The Bertz CT molecular complexity index is 818. The molecule has 0 heterocycles. The van der Waals surface area contributed by atoms with Gasteiger partial charge < -0.3 is 5.32 Å². The van der Waals surface area contributed by atoms with E-state index in [4.69, 9.17) is 11.6 Å². The smallest absolute Gasteiger partial charge is 0.224 e. The molecule has 2 rings (SSSR count). The maximum absolute atomic E-state index is 12.3. The predicted octanol–water partition coefficient (Wildman–Crippen LogP) is 4.94. The van der Waals surface area contributed by atoms with Crippen LogP contribution < -0.4 is 5.32 Å². The molecule has 5 heteroatoms. The normalized spacial score (nSPS) is 11.5. The number of rotatable bonds is 7. The third-order valence-electron chi connectivity index (χ3n) is 4.23. The molecule has 1 amide bonds. The third kappa shape index (κ3) is 5.18. The monoisotopic (exact) mass is 368 g/mol. The Balaban J connectivity index is 1.88. The molecule has 0 aliphatic carbocycles. The second-order valence-corrected chi connectivity index (χ2v) is 6.68. The van der Waals surface area contributed by atoms with Gasteiger partial charge in [-0.05, 0) is 49.1 Å². The van der Waals surface area contributed by atoms with Crippen LogP contribution >= 0.6 is 11.6 Å². The largest absolute Gasteiger partial charge is 0.326 e. The van der Waals surface area contributed by atoms with E-state index in [1.54, 1.807) is 24.3 Å². The molecule has 0 aliphatic rings. The summed E-state index contributed by atoms with van der Waals surface area (Å²) in [6, 6.07) is 14.5. The third-order valence-corrected chi connectivity index (χ3v) is 4.48. The Morgan fingerprint density at radius 1 is 1.08 bits per heavy atom. The van der Waals surface area contributed by atoms with Crippen molar-refractivity contribution in [3.05, 3.63) is 64.2 Å². The molecule has 1 atom stereocenters. The zero-order valence-electron chi connectivity index (χ0n) is 14.9. The molecule has 0 saturated carbocycles. The second-order valence-electron chi connectivity index (χ2n) is 6.25. The summed E-state index contributed by atoms with van der Waals surface area (Å²) in [5, 5.41) is 12.8. The summed E-state index contributed by atoms with van der Waals surface area (Å²) in [5.41, 5.74) is 3.45. The number of para-hydroxylation sites is 1. The fourth-order valence-corrected chi connectivity index (χ4v) is 2.89. The van der Waals surface area contributed by atoms with Crippen LogP contribution in [0.25, 0.3) is 0 Å². The van der Waals surface area contributed by atoms with Gasteiger partial charge >= 0.3 is 0 Å². The number of ketones is 1. The molecule has 134 valence electrons. The van der Waals surface area contributed by atoms with Crippen LogP contribution in [0.1, 0.15) is 41.9 Å². The Kier molecular flexibility index (Phi) is 6.94. The van der Waals surface area contributed by atoms with E-state index in [9.17, 15) is 14.9 Å². The molecule has 0 aromatic heterocycles. The average molecular weight is 369 g/mol. The lowest BCUT2D eigenvalue weighted by atomic mass is 9.93. The van der Waals surface area contributed by atoms with E-state index in [0.29, 0.717) is 17.0 Å². The molecule has 0 bridgehead atoms. The van der Waals surface area contributed by atoms with Crippen LogP contribution in [0.2, 0.25) is 5.02 Å². The highest BCUT2D eigenvalue weighted by Gasteiger charge is 2.20. The van der Waals surface area contributed by atoms with Crippen LogP contribution in [0.5, 0.6) is 0 Å². The summed E-state index contributed by atoms with van der Waals surface area (Å²) in [6.45, 7) is 3.88. The van der Waals surface area contributed by atoms with Gasteiger partial charge in [-0.15, -0.1) is 0 Å². The first-order valence-electron chi connectivity index (χ1n) is 8.46. The number of halogens is 1. The number of carbonyl (C=O) groups excluding carboxylic acids is 2. The fourth-order valence-electron chi connectivity index (χ4n) is 2.77. The van der Waals surface area contributed by atoms with E-state index < -0.39 is 5.92 Å². The van der Waals surface area contributed by atoms with Crippen molar-refractivity contribution in [3.8, 4) is 6.07 Å². The number of hydrogen-bond donors (Lipinski definition) is 1. The number of hydrogen-bond acceptors (Lipinski definition) is 3. The molecule has 0 aliphatic heterocycles. The lowest BCUT2D eigenvalue weighted by Gasteiger charge is -2.12. The van der Waals surface area contributed by atoms with Crippen LogP contribution in [0.15, 0.2) is 42.5 Å². The van der Waals surface area contributed by atoms with Gasteiger partial charge in [0, 0.05) is 23.6 Å². The number of aryl methyl sites for hydroxylation is 2. The van der Waals surface area contributed by atoms with Gasteiger partial charge in [0.25, 0.3) is 0 Å². The highest BCUT2D eigenvalue weighted by atomic mass is 35.5. The number of Topliss-reactive ketones (excluding diaryl/α,β-unsaturated/α-hetero) is 1. The first-order valence-corrected chi connectivity index (χ1v) is 8.84. The molecular weight excluding hydrogens is 348 g/mol. The molecular formula is C21H21ClN2O2. The van der Waals surface area contributed by atoms with Gasteiger partial charge in [0.1, 0.15) is 5.92 Å². The Hall–Kier alpha value is -2.64. The number of nitrogens with zero attached hydrogens (tertiary/aromatic N) is 1. The summed E-state index contributed by atoms with van der Waals surface area (Å²) in [5.74, 6) is -1.14. The van der Waals surface area contributed by atoms with Gasteiger partial charge in [-0.2, -0.15) is 5.26 Å². The van der Waals surface area contributed by atoms with Crippen LogP contribution in [-0.2, 0) is 9.59 Å². The first-order chi connectivity index (χ1) is 12.4. The topological polar surface area (TPSA) is 70.0 Å². The molecule has 0 spiro atoms. The number of carbonyl (C=O) groups is 2. The van der Waals surface area contributed by atoms with E-state index in [1.807, 2.05) is 38.1 Å². The second kappa shape index (κ2) is 9.17. The van der Waals surface area contributed by atoms with Gasteiger partial charge in [-0.25, -0.2) is 0 Å². The summed E-state index contributed by atoms with van der Waals surface area (Å²) in [6.07, 6.45) is 0.820. The maximum Gasteiger partial charge on any atom is 0.224 e. The number of anilines is 1. The molecule has 4 nitrogen and oxygen atoms in total. The Morgan fingerprint density at radius 3 is 2.27 bits per heavy atom. The molecule has 1 N–H and O–H groups in total. The lowest BCUT2D eigenvalue weighted by molar-refractivity contribution is -0.119. The lowest BCUT2D eigenvalue weighted by Crippen LogP contribution is -2.15. The van der Waals surface area contributed by atoms with Crippen molar-refractivity contribution < 1.29 is 9.59 Å². The predicted molar refractivity (Wildman–Crippen MR) is 103 cm³/mol. The van der Waals surface area contributed by atoms with Crippen molar-refractivity contribution in [3.63, 3.8) is 0 Å². The highest BCUT2D eigenvalue weighted by Crippen LogP contribution is 2.22. The standard InChI is InChI=1S/C21H21ClN2O2/c1-14-5-3-6-15(2)21(14)24-20(26)8-4-7-19(25)18(13-23)16-9-11-17(22)12-10-16/h3,5-6,9-12,18H,4,7-8H2,1-2H3,(H,24,26)/t18-/m0/s1. The van der Waals surface area contributed by atoms with E-state index in [1.165, 1.54) is 0 Å². The van der Waals surface area contributed by atoms with Crippen molar-refractivity contribution in [1.82, 2.24) is 0 Å². The maximum atomic E-state index is 12.3. The van der Waals surface area contributed by atoms with Crippen molar-refractivity contribution in [2.24, 2.45) is 0 Å². The van der Waals surface area contributed by atoms with E-state index in [2.05, 4.69) is 5.32 Å². The number of nitrogens with one attached hydrogen (secondary N) is 1. The van der Waals surface area contributed by atoms with Crippen LogP contribution in [0.3, 0.4) is 0 Å². The van der Waals surface area contributed by atoms with Gasteiger partial charge in [0.15, 0.2) is 5.78 Å². The van der Waals surface area contributed by atoms with Crippen LogP contribution in [-0.4, -0.2) is 11.7 Å². The molecule has 0 radical (unpaired) electrons. The minimum atomic E-state index is -0.825. The van der Waals surface area contributed by atoms with Crippen molar-refractivity contribution in [1.29, 1.82) is 5.26 Å². The average Bonchev–Trinajstić information content (AvgIpc) is 2.60. The summed E-state index contributed by atoms with van der Waals surface area (Å²) < 4.78 is 0. The summed E-state index contributed by atoms with van der Waals surface area (Å²) in [4.78, 5) is 24.5. The van der Waals surface area contributed by atoms with Crippen molar-refractivity contribution in [2.75, 3.05) is 5.32 Å². The Morgan fingerprint density at radius 2 is 1.69 bits per heavy atom. The molecule has 2 aromatic rings. The first kappa shape index (κ1) is 19.7. The van der Waals surface area contributed by atoms with Crippen molar-refractivity contribution >= 4 is 29.0 Å². The molecule has 0 fully saturated rings. The van der Waals surface area contributed by atoms with Crippen LogP contribution in [0, 0.1) is 25.2 Å². The zero-order chi connectivity index (χ0) is 19.1. The quantitative estimate of drug-likeness (QED) is 0.752. The molecule has 2 aromatic carbocycles. The fraction of sp³-hybridized carbons (Fsp3) is 0.286. The SMILES string of the molecule is Cc1cccc(C)c1NC(=O)CCCC(=O)[C@@H](C#N)c1ccc(Cl)cc1. The van der Waals surface area contributed by atoms with Gasteiger partial charge in [0.2, 0.25) is 5.91 Å². The number of nitriles is 1. The molecule has 0 unspecified atom stereocenters. The van der Waals surface area contributed by atoms with Crippen molar-refractivity contribution in [2.45, 2.75) is 39.0 Å². The summed E-state index contributed by atoms with van der Waals surface area (Å²) >= 11 is 5.83. The molecule has 0 saturated heterocycles. The van der Waals surface area contributed by atoms with Gasteiger partial charge in [-0.3, -0.25) is 9.59 Å². The van der Waals surface area contributed by atoms with E-state index in [-0.39, 0.29) is 24.5 Å². The highest BCUT2D eigenvalue weighted by molar-refractivity contribution is 6.30. The van der Waals surface area contributed by atoms with Crippen LogP contribution in [0.4, 0.5) is 5.69 Å². The Labute approximate surface area is 158 Å². The number of benzene rings is 2. The van der Waals surface area contributed by atoms with E-state index >= 15 is 0 Å². The summed E-state index contributed by atoms with van der Waals surface area (Å²) in [7, 11) is 0. The number of amides is 1. The van der Waals surface area contributed by atoms with Gasteiger partial charge in [0.05, 0.1) is 6.07 Å². The molecule has 26 heavy (non-hydrogen) atoms. The zero-order valence-corrected chi connectivity index (χ0v) is 15.6.